The Morgan fingerprint density at radius 1 is 0.974 bits per heavy atom. The van der Waals surface area contributed by atoms with Gasteiger partial charge in [-0.2, -0.15) is 5.10 Å². The average Bonchev–Trinajstić information content (AvgIpc) is 2.95. The fourth-order valence-corrected chi connectivity index (χ4v) is 4.47. The van der Waals surface area contributed by atoms with E-state index in [-0.39, 0.29) is 5.91 Å². The zero-order valence-corrected chi connectivity index (χ0v) is 25.1. The molecular formula is C30H36IN5O3. The molecule has 0 saturated heterocycles. The Bertz CT molecular complexity index is 1280. The highest BCUT2D eigenvalue weighted by Gasteiger charge is 2.15. The highest BCUT2D eigenvalue weighted by molar-refractivity contribution is 14.1. The molecule has 0 fully saturated rings. The van der Waals surface area contributed by atoms with Gasteiger partial charge in [-0.05, 0) is 108 Å². The summed E-state index contributed by atoms with van der Waals surface area (Å²) in [6.07, 6.45) is 1.55. The number of nitrogens with one attached hydrogen (secondary N) is 2. The predicted molar refractivity (Wildman–Crippen MR) is 166 cm³/mol. The highest BCUT2D eigenvalue weighted by Crippen LogP contribution is 2.20. The van der Waals surface area contributed by atoms with Crippen LogP contribution in [0.1, 0.15) is 45.7 Å². The number of ether oxygens (including phenoxy) is 1. The molecule has 0 saturated carbocycles. The maximum Gasteiger partial charge on any atom is 0.273 e. The normalized spacial score (nSPS) is 11.3. The molecule has 3 aromatic carbocycles. The summed E-state index contributed by atoms with van der Waals surface area (Å²) >= 11 is 2.13. The molecule has 0 aliphatic carbocycles. The first-order valence-electron chi connectivity index (χ1n) is 12.9. The maximum atomic E-state index is 13.2. The van der Waals surface area contributed by atoms with E-state index in [0.717, 1.165) is 53.2 Å². The monoisotopic (exact) mass is 641 g/mol. The van der Waals surface area contributed by atoms with Crippen molar-refractivity contribution in [2.24, 2.45) is 5.10 Å². The lowest BCUT2D eigenvalue weighted by atomic mass is 10.1. The molecule has 0 aliphatic heterocycles. The minimum Gasteiger partial charge on any atom is -0.497 e. The average molecular weight is 642 g/mol. The number of benzene rings is 3. The highest BCUT2D eigenvalue weighted by atomic mass is 127. The largest absolute Gasteiger partial charge is 0.497 e. The van der Waals surface area contributed by atoms with E-state index in [1.54, 1.807) is 31.5 Å². The Labute approximate surface area is 244 Å². The number of carbonyl (C=O) groups excluding carboxylic acids is 2. The maximum absolute atomic E-state index is 13.2. The van der Waals surface area contributed by atoms with Crippen LogP contribution in [0.15, 0.2) is 71.8 Å². The molecule has 3 aromatic rings. The van der Waals surface area contributed by atoms with Crippen molar-refractivity contribution in [1.82, 2.24) is 15.2 Å². The molecule has 0 aromatic heterocycles. The Hall–Kier alpha value is -3.28. The lowest BCUT2D eigenvalue weighted by Crippen LogP contribution is -2.32. The Morgan fingerprint density at radius 3 is 2.41 bits per heavy atom. The van der Waals surface area contributed by atoms with Crippen molar-refractivity contribution in [1.29, 1.82) is 0 Å². The summed E-state index contributed by atoms with van der Waals surface area (Å²) < 4.78 is 6.02. The first kappa shape index (κ1) is 30.3. The zero-order chi connectivity index (χ0) is 28.2. The topological polar surface area (TPSA) is 86.3 Å². The van der Waals surface area contributed by atoms with Crippen molar-refractivity contribution in [3.05, 3.63) is 92.6 Å². The molecule has 39 heavy (non-hydrogen) atoms. The number of rotatable bonds is 13. The number of halogens is 1. The molecule has 206 valence electrons. The Balaban J connectivity index is 1.66. The summed E-state index contributed by atoms with van der Waals surface area (Å²) in [5.74, 6) is 0.0417. The summed E-state index contributed by atoms with van der Waals surface area (Å²) in [7, 11) is 3.69. The van der Waals surface area contributed by atoms with Gasteiger partial charge in [0.15, 0.2) is 0 Å². The zero-order valence-electron chi connectivity index (χ0n) is 22.9. The van der Waals surface area contributed by atoms with Gasteiger partial charge in [-0.1, -0.05) is 26.0 Å². The molecule has 9 heteroatoms. The summed E-state index contributed by atoms with van der Waals surface area (Å²) in [5.41, 5.74) is 5.69. The van der Waals surface area contributed by atoms with Crippen molar-refractivity contribution < 1.29 is 14.3 Å². The van der Waals surface area contributed by atoms with Crippen molar-refractivity contribution in [3.63, 3.8) is 0 Å². The summed E-state index contributed by atoms with van der Waals surface area (Å²) in [6.45, 7) is 9.10. The van der Waals surface area contributed by atoms with Crippen molar-refractivity contribution >= 4 is 46.3 Å². The first-order valence-corrected chi connectivity index (χ1v) is 14.0. The van der Waals surface area contributed by atoms with Crippen LogP contribution in [-0.2, 0) is 6.54 Å². The van der Waals surface area contributed by atoms with Crippen LogP contribution in [-0.4, -0.2) is 68.2 Å². The van der Waals surface area contributed by atoms with Crippen molar-refractivity contribution in [3.8, 4) is 5.75 Å². The Morgan fingerprint density at radius 2 is 1.72 bits per heavy atom. The molecular weight excluding hydrogens is 605 g/mol. The Kier molecular flexibility index (Phi) is 11.9. The number of nitrogens with zero attached hydrogens (tertiary/aromatic N) is 3. The number of hydrogen-bond acceptors (Lipinski definition) is 6. The number of amides is 2. The van der Waals surface area contributed by atoms with Crippen LogP contribution in [0.25, 0.3) is 0 Å². The van der Waals surface area contributed by atoms with E-state index in [1.165, 1.54) is 0 Å². The molecule has 2 N–H and O–H groups in total. The lowest BCUT2D eigenvalue weighted by Gasteiger charge is -2.23. The third-order valence-electron chi connectivity index (χ3n) is 6.30. The third kappa shape index (κ3) is 9.45. The van der Waals surface area contributed by atoms with Crippen LogP contribution in [0.4, 0.5) is 5.69 Å². The van der Waals surface area contributed by atoms with Gasteiger partial charge in [0.05, 0.1) is 24.6 Å². The van der Waals surface area contributed by atoms with Gasteiger partial charge in [-0.25, -0.2) is 5.43 Å². The van der Waals surface area contributed by atoms with Gasteiger partial charge < -0.3 is 19.9 Å². The molecule has 3 rings (SSSR count). The minimum atomic E-state index is -0.419. The molecule has 8 nitrogen and oxygen atoms in total. The van der Waals surface area contributed by atoms with Gasteiger partial charge in [0.25, 0.3) is 11.8 Å². The number of methoxy groups -OCH3 is 1. The molecule has 0 heterocycles. The molecule has 0 unspecified atom stereocenters. The molecule has 0 spiro atoms. The molecule has 0 bridgehead atoms. The van der Waals surface area contributed by atoms with Gasteiger partial charge in [0.2, 0.25) is 0 Å². The van der Waals surface area contributed by atoms with Crippen LogP contribution < -0.4 is 15.5 Å². The second-order valence-electron chi connectivity index (χ2n) is 9.08. The quantitative estimate of drug-likeness (QED) is 0.154. The van der Waals surface area contributed by atoms with Crippen LogP contribution in [0.3, 0.4) is 0 Å². The van der Waals surface area contributed by atoms with Crippen LogP contribution in [0.5, 0.6) is 5.75 Å². The SMILES string of the molecule is CCN(CC)CCN(C)Cc1cccc(C(=O)Nc2ccc(I)cc2C(=O)N/N=C/c2ccc(OC)cc2)c1. The fraction of sp³-hybridized carbons (Fsp3) is 0.300. The predicted octanol–water partition coefficient (Wildman–Crippen LogP) is 5.09. The van der Waals surface area contributed by atoms with Gasteiger partial charge in [-0.3, -0.25) is 9.59 Å². The van der Waals surface area contributed by atoms with E-state index < -0.39 is 5.91 Å². The van der Waals surface area contributed by atoms with Crippen LogP contribution in [0.2, 0.25) is 0 Å². The molecule has 0 aliphatic rings. The van der Waals surface area contributed by atoms with E-state index in [0.29, 0.717) is 16.8 Å². The van der Waals surface area contributed by atoms with E-state index in [2.05, 4.69) is 69.1 Å². The summed E-state index contributed by atoms with van der Waals surface area (Å²) in [4.78, 5) is 30.7. The second kappa shape index (κ2) is 15.3. The molecule has 2 amide bonds. The number of hydrogen-bond donors (Lipinski definition) is 2. The fourth-order valence-electron chi connectivity index (χ4n) is 3.98. The van der Waals surface area contributed by atoms with Gasteiger partial charge >= 0.3 is 0 Å². The van der Waals surface area contributed by atoms with E-state index in [9.17, 15) is 9.59 Å². The third-order valence-corrected chi connectivity index (χ3v) is 6.97. The summed E-state index contributed by atoms with van der Waals surface area (Å²) in [6, 6.07) is 20.2. The first-order chi connectivity index (χ1) is 18.8. The second-order valence-corrected chi connectivity index (χ2v) is 10.3. The van der Waals surface area contributed by atoms with Crippen molar-refractivity contribution in [2.45, 2.75) is 20.4 Å². The van der Waals surface area contributed by atoms with Crippen LogP contribution in [0, 0.1) is 3.57 Å². The van der Waals surface area contributed by atoms with Gasteiger partial charge in [0, 0.05) is 28.8 Å². The van der Waals surface area contributed by atoms with E-state index in [1.807, 2.05) is 48.5 Å². The lowest BCUT2D eigenvalue weighted by molar-refractivity contribution is 0.0956. The standard InChI is InChI=1S/C30H36IN5O3/c1-5-36(6-2)17-16-35(3)21-23-8-7-9-24(18-23)29(37)33-28-15-12-25(31)19-27(28)30(38)34-32-20-22-10-13-26(39-4)14-11-22/h7-15,18-20H,5-6,16-17,21H2,1-4H3,(H,33,37)(H,34,38)/b32-20+. The number of carbonyl (C=O) groups is 2. The van der Waals surface area contributed by atoms with Crippen LogP contribution >= 0.6 is 22.6 Å². The number of anilines is 1. The van der Waals surface area contributed by atoms with Gasteiger partial charge in [-0.15, -0.1) is 0 Å². The van der Waals surface area contributed by atoms with Crippen molar-refractivity contribution in [2.75, 3.05) is 45.7 Å². The smallest absolute Gasteiger partial charge is 0.273 e. The minimum absolute atomic E-state index is 0.278. The van der Waals surface area contributed by atoms with E-state index >= 15 is 0 Å². The number of hydrazone groups is 1. The van der Waals surface area contributed by atoms with Gasteiger partial charge in [0.1, 0.15) is 5.75 Å². The summed E-state index contributed by atoms with van der Waals surface area (Å²) in [5, 5.41) is 6.97. The van der Waals surface area contributed by atoms with E-state index in [4.69, 9.17) is 4.74 Å². The number of likely N-dealkylation sites (N-methyl/N-ethyl adjacent to an activating group) is 2. The molecule has 0 radical (unpaired) electrons. The molecule has 0 atom stereocenters.